The van der Waals surface area contributed by atoms with Crippen molar-refractivity contribution in [3.8, 4) is 0 Å². The third-order valence-electron chi connectivity index (χ3n) is 2.61. The summed E-state index contributed by atoms with van der Waals surface area (Å²) in [5.41, 5.74) is 6.65. The molecule has 1 amide bonds. The van der Waals surface area contributed by atoms with Gasteiger partial charge in [-0.15, -0.1) is 0 Å². The number of primary amides is 1. The second-order valence-corrected chi connectivity index (χ2v) is 4.56. The van der Waals surface area contributed by atoms with E-state index in [0.717, 1.165) is 23.9 Å². The fourth-order valence-electron chi connectivity index (χ4n) is 1.32. The third kappa shape index (κ3) is 7.10. The van der Waals surface area contributed by atoms with Crippen LogP contribution in [0.1, 0.15) is 33.6 Å². The molecule has 0 aromatic rings. The highest BCUT2D eigenvalue weighted by atomic mass is 79.9. The van der Waals surface area contributed by atoms with Crippen molar-refractivity contribution >= 4 is 27.5 Å². The standard InChI is InChI=1S/C13H21BrN2O/c1-4-12(7-5-6-8-14)11(3)16-9-10(2)13(15)17/h5-6,9,12H,4,7-8H2,1-3H3,(H2,15,17)/b6-5-,10-9+,16-11?. The van der Waals surface area contributed by atoms with E-state index >= 15 is 0 Å². The third-order valence-corrected chi connectivity index (χ3v) is 2.98. The van der Waals surface area contributed by atoms with Crippen molar-refractivity contribution in [2.45, 2.75) is 33.6 Å². The fourth-order valence-corrected chi connectivity index (χ4v) is 1.59. The van der Waals surface area contributed by atoms with Crippen molar-refractivity contribution in [1.82, 2.24) is 0 Å². The molecule has 96 valence electrons. The molecule has 0 aromatic carbocycles. The van der Waals surface area contributed by atoms with Crippen molar-refractivity contribution in [2.24, 2.45) is 16.6 Å². The number of alkyl halides is 1. The zero-order valence-electron chi connectivity index (χ0n) is 10.7. The van der Waals surface area contributed by atoms with Crippen LogP contribution in [0.15, 0.2) is 28.9 Å². The van der Waals surface area contributed by atoms with Crippen molar-refractivity contribution in [3.05, 3.63) is 23.9 Å². The number of carbonyl (C=O) groups excluding carboxylic acids is 1. The molecule has 0 fully saturated rings. The summed E-state index contributed by atoms with van der Waals surface area (Å²) in [6.45, 7) is 5.79. The van der Waals surface area contributed by atoms with Gasteiger partial charge < -0.3 is 5.73 Å². The van der Waals surface area contributed by atoms with E-state index in [-0.39, 0.29) is 0 Å². The number of nitrogens with two attached hydrogens (primary N) is 1. The molecule has 0 aliphatic rings. The van der Waals surface area contributed by atoms with E-state index in [1.165, 1.54) is 0 Å². The first kappa shape index (κ1) is 16.1. The summed E-state index contributed by atoms with van der Waals surface area (Å²) >= 11 is 3.35. The van der Waals surface area contributed by atoms with Crippen molar-refractivity contribution in [1.29, 1.82) is 0 Å². The number of aliphatic imine (C=N–C) groups is 1. The Bertz CT molecular complexity index is 332. The van der Waals surface area contributed by atoms with Gasteiger partial charge in [-0.2, -0.15) is 0 Å². The summed E-state index contributed by atoms with van der Waals surface area (Å²) in [5, 5.41) is 0.875. The second kappa shape index (κ2) is 9.16. The lowest BCUT2D eigenvalue weighted by atomic mass is 9.97. The Morgan fingerprint density at radius 3 is 2.53 bits per heavy atom. The SMILES string of the molecule is CCC(C/C=C\CBr)C(C)=N/C=C(\C)C(N)=O. The van der Waals surface area contributed by atoms with Gasteiger partial charge in [0.25, 0.3) is 0 Å². The minimum absolute atomic E-state index is 0.419. The van der Waals surface area contributed by atoms with Gasteiger partial charge in [0.15, 0.2) is 0 Å². The molecule has 0 aliphatic carbocycles. The molecule has 1 atom stereocenters. The monoisotopic (exact) mass is 300 g/mol. The summed E-state index contributed by atoms with van der Waals surface area (Å²) < 4.78 is 0. The molecule has 0 aromatic heterocycles. The van der Waals surface area contributed by atoms with Crippen LogP contribution in [-0.2, 0) is 4.79 Å². The lowest BCUT2D eigenvalue weighted by Gasteiger charge is -2.11. The molecule has 0 radical (unpaired) electrons. The molecule has 0 rings (SSSR count). The Morgan fingerprint density at radius 1 is 1.41 bits per heavy atom. The maximum absolute atomic E-state index is 10.8. The smallest absolute Gasteiger partial charge is 0.245 e. The zero-order valence-corrected chi connectivity index (χ0v) is 12.3. The molecule has 0 saturated carbocycles. The number of hydrogen-bond donors (Lipinski definition) is 1. The van der Waals surface area contributed by atoms with E-state index < -0.39 is 5.91 Å². The molecule has 2 N–H and O–H groups in total. The summed E-state index contributed by atoms with van der Waals surface area (Å²) in [4.78, 5) is 15.1. The van der Waals surface area contributed by atoms with Crippen molar-refractivity contribution in [3.63, 3.8) is 0 Å². The predicted octanol–water partition coefficient (Wildman–Crippen LogP) is 3.20. The van der Waals surface area contributed by atoms with Crippen LogP contribution in [-0.4, -0.2) is 16.9 Å². The molecule has 1 unspecified atom stereocenters. The van der Waals surface area contributed by atoms with E-state index in [4.69, 9.17) is 5.73 Å². The van der Waals surface area contributed by atoms with E-state index in [2.05, 4.69) is 40.0 Å². The van der Waals surface area contributed by atoms with Gasteiger partial charge in [-0.05, 0) is 26.7 Å². The number of carbonyl (C=O) groups is 1. The normalized spacial score (nSPS) is 15.3. The van der Waals surface area contributed by atoms with E-state index in [9.17, 15) is 4.79 Å². The van der Waals surface area contributed by atoms with Gasteiger partial charge in [-0.25, -0.2) is 0 Å². The molecule has 0 aliphatic heterocycles. The van der Waals surface area contributed by atoms with Gasteiger partial charge in [0.2, 0.25) is 5.91 Å². The van der Waals surface area contributed by atoms with Crippen molar-refractivity contribution < 1.29 is 4.79 Å². The van der Waals surface area contributed by atoms with Crippen LogP contribution < -0.4 is 5.73 Å². The number of allylic oxidation sites excluding steroid dienone is 2. The molecule has 3 nitrogen and oxygen atoms in total. The van der Waals surface area contributed by atoms with Gasteiger partial charge in [0, 0.05) is 28.7 Å². The molecule has 4 heteroatoms. The van der Waals surface area contributed by atoms with Crippen LogP contribution in [0.5, 0.6) is 0 Å². The minimum Gasteiger partial charge on any atom is -0.366 e. The highest BCUT2D eigenvalue weighted by Crippen LogP contribution is 2.12. The van der Waals surface area contributed by atoms with Gasteiger partial charge in [-0.1, -0.05) is 35.0 Å². The summed E-state index contributed by atoms with van der Waals surface area (Å²) in [6, 6.07) is 0. The fraction of sp³-hybridized carbons (Fsp3) is 0.538. The van der Waals surface area contributed by atoms with Crippen LogP contribution in [0.2, 0.25) is 0 Å². The lowest BCUT2D eigenvalue weighted by molar-refractivity contribution is -0.114. The van der Waals surface area contributed by atoms with Gasteiger partial charge in [-0.3, -0.25) is 9.79 Å². The zero-order chi connectivity index (χ0) is 13.3. The highest BCUT2D eigenvalue weighted by molar-refractivity contribution is 9.09. The minimum atomic E-state index is -0.422. The van der Waals surface area contributed by atoms with Crippen LogP contribution in [0.4, 0.5) is 0 Å². The first-order valence-electron chi connectivity index (χ1n) is 5.74. The molecule has 0 heterocycles. The van der Waals surface area contributed by atoms with Crippen molar-refractivity contribution in [2.75, 3.05) is 5.33 Å². The number of rotatable bonds is 7. The average molecular weight is 301 g/mol. The summed E-state index contributed by atoms with van der Waals surface area (Å²) in [5.74, 6) is -0.00369. The lowest BCUT2D eigenvalue weighted by Crippen LogP contribution is -2.12. The van der Waals surface area contributed by atoms with Gasteiger partial charge in [0.1, 0.15) is 0 Å². The predicted molar refractivity (Wildman–Crippen MR) is 77.4 cm³/mol. The number of nitrogens with zero attached hydrogens (tertiary/aromatic N) is 1. The highest BCUT2D eigenvalue weighted by Gasteiger charge is 2.07. The van der Waals surface area contributed by atoms with E-state index in [1.54, 1.807) is 13.1 Å². The molecular formula is C13H21BrN2O. The maximum Gasteiger partial charge on any atom is 0.245 e. The molecule has 0 spiro atoms. The first-order chi connectivity index (χ1) is 8.02. The number of amides is 1. The first-order valence-corrected chi connectivity index (χ1v) is 6.86. The molecule has 0 bridgehead atoms. The Kier molecular flexibility index (Phi) is 8.68. The van der Waals surface area contributed by atoms with Crippen LogP contribution in [0, 0.1) is 5.92 Å². The van der Waals surface area contributed by atoms with Crippen LogP contribution in [0.25, 0.3) is 0 Å². The molecule has 17 heavy (non-hydrogen) atoms. The summed E-state index contributed by atoms with van der Waals surface area (Å²) in [6.07, 6.45) is 7.79. The Balaban J connectivity index is 4.57. The molecular weight excluding hydrogens is 280 g/mol. The summed E-state index contributed by atoms with van der Waals surface area (Å²) in [7, 11) is 0. The van der Waals surface area contributed by atoms with E-state index in [0.29, 0.717) is 11.5 Å². The topological polar surface area (TPSA) is 55.4 Å². The maximum atomic E-state index is 10.8. The quantitative estimate of drug-likeness (QED) is 0.334. The largest absolute Gasteiger partial charge is 0.366 e. The second-order valence-electron chi connectivity index (χ2n) is 3.91. The van der Waals surface area contributed by atoms with Gasteiger partial charge >= 0.3 is 0 Å². The Hall–Kier alpha value is -0.900. The van der Waals surface area contributed by atoms with Crippen LogP contribution in [0.3, 0.4) is 0 Å². The average Bonchev–Trinajstić information content (AvgIpc) is 2.31. The Labute approximate surface area is 112 Å². The van der Waals surface area contributed by atoms with Crippen LogP contribution >= 0.6 is 15.9 Å². The number of hydrogen-bond acceptors (Lipinski definition) is 2. The molecule has 0 saturated heterocycles. The number of halogens is 1. The van der Waals surface area contributed by atoms with E-state index in [1.807, 2.05) is 6.92 Å². The Morgan fingerprint density at radius 2 is 2.06 bits per heavy atom. The van der Waals surface area contributed by atoms with Gasteiger partial charge in [0.05, 0.1) is 0 Å².